The summed E-state index contributed by atoms with van der Waals surface area (Å²) in [7, 11) is 2.09. The number of amidine groups is 1. The van der Waals surface area contributed by atoms with Crippen LogP contribution in [0.4, 0.5) is 0 Å². The van der Waals surface area contributed by atoms with Crippen LogP contribution < -0.4 is 5.73 Å². The van der Waals surface area contributed by atoms with Crippen LogP contribution in [0.1, 0.15) is 26.7 Å². The molecule has 0 unspecified atom stereocenters. The van der Waals surface area contributed by atoms with E-state index in [9.17, 15) is 0 Å². The summed E-state index contributed by atoms with van der Waals surface area (Å²) in [5.41, 5.74) is 5.22. The fraction of sp³-hybridized carbons (Fsp3) is 0.875. The number of hydrogen-bond acceptors (Lipinski definition) is 2. The van der Waals surface area contributed by atoms with Crippen molar-refractivity contribution in [3.63, 3.8) is 0 Å². The summed E-state index contributed by atoms with van der Waals surface area (Å²) < 4.78 is 0. The molecular formula is C8H19N3. The van der Waals surface area contributed by atoms with E-state index >= 15 is 0 Å². The Morgan fingerprint density at radius 1 is 1.55 bits per heavy atom. The van der Waals surface area contributed by atoms with Crippen LogP contribution in [0, 0.1) is 5.41 Å². The molecule has 0 aromatic carbocycles. The molecule has 0 aromatic heterocycles. The van der Waals surface area contributed by atoms with Gasteiger partial charge in [0.1, 0.15) is 0 Å². The fourth-order valence-electron chi connectivity index (χ4n) is 0.777. The van der Waals surface area contributed by atoms with Crippen LogP contribution in [0.3, 0.4) is 0 Å². The van der Waals surface area contributed by atoms with E-state index in [4.69, 9.17) is 11.1 Å². The zero-order chi connectivity index (χ0) is 8.85. The van der Waals surface area contributed by atoms with Gasteiger partial charge in [-0.1, -0.05) is 0 Å². The second-order valence-electron chi connectivity index (χ2n) is 3.20. The van der Waals surface area contributed by atoms with Gasteiger partial charge < -0.3 is 10.6 Å². The summed E-state index contributed by atoms with van der Waals surface area (Å²) in [5.74, 6) is 0.294. The average Bonchev–Trinajstić information content (AvgIpc) is 1.86. The van der Waals surface area contributed by atoms with E-state index in [1.54, 1.807) is 0 Å². The van der Waals surface area contributed by atoms with Crippen molar-refractivity contribution in [2.24, 2.45) is 5.73 Å². The van der Waals surface area contributed by atoms with E-state index in [1.165, 1.54) is 0 Å². The molecule has 3 heteroatoms. The smallest absolute Gasteiger partial charge is 0.0905 e. The third kappa shape index (κ3) is 5.85. The van der Waals surface area contributed by atoms with Crippen LogP contribution in [0.25, 0.3) is 0 Å². The van der Waals surface area contributed by atoms with Gasteiger partial charge in [0.2, 0.25) is 0 Å². The molecule has 0 radical (unpaired) electrons. The Morgan fingerprint density at radius 2 is 2.09 bits per heavy atom. The van der Waals surface area contributed by atoms with Crippen LogP contribution in [-0.2, 0) is 0 Å². The van der Waals surface area contributed by atoms with Gasteiger partial charge in [-0.3, -0.25) is 5.41 Å². The van der Waals surface area contributed by atoms with Crippen molar-refractivity contribution in [1.82, 2.24) is 4.90 Å². The van der Waals surface area contributed by atoms with Crippen molar-refractivity contribution in [3.8, 4) is 0 Å². The number of nitrogens with zero attached hydrogens (tertiary/aromatic N) is 1. The van der Waals surface area contributed by atoms with Gasteiger partial charge in [-0.05, 0) is 33.9 Å². The first kappa shape index (κ1) is 10.4. The zero-order valence-corrected chi connectivity index (χ0v) is 7.72. The monoisotopic (exact) mass is 157 g/mol. The maximum absolute atomic E-state index is 7.01. The first-order chi connectivity index (χ1) is 5.04. The van der Waals surface area contributed by atoms with E-state index in [1.807, 2.05) is 0 Å². The van der Waals surface area contributed by atoms with Gasteiger partial charge in [0, 0.05) is 12.5 Å². The minimum absolute atomic E-state index is 0.294. The molecule has 0 saturated carbocycles. The number of rotatable bonds is 5. The van der Waals surface area contributed by atoms with Gasteiger partial charge in [0.25, 0.3) is 0 Å². The van der Waals surface area contributed by atoms with Crippen molar-refractivity contribution < 1.29 is 0 Å². The van der Waals surface area contributed by atoms with E-state index < -0.39 is 0 Å². The van der Waals surface area contributed by atoms with Crippen LogP contribution in [-0.4, -0.2) is 30.4 Å². The number of hydrogen-bond donors (Lipinski definition) is 2. The van der Waals surface area contributed by atoms with Gasteiger partial charge in [-0.25, -0.2) is 0 Å². The zero-order valence-electron chi connectivity index (χ0n) is 7.72. The average molecular weight is 157 g/mol. The van der Waals surface area contributed by atoms with Crippen LogP contribution in [0.2, 0.25) is 0 Å². The van der Waals surface area contributed by atoms with Gasteiger partial charge in [0.15, 0.2) is 0 Å². The molecule has 0 saturated heterocycles. The van der Waals surface area contributed by atoms with E-state index in [2.05, 4.69) is 25.8 Å². The molecule has 0 amide bonds. The second kappa shape index (κ2) is 5.13. The quantitative estimate of drug-likeness (QED) is 0.463. The van der Waals surface area contributed by atoms with Crippen molar-refractivity contribution in [1.29, 1.82) is 5.41 Å². The summed E-state index contributed by atoms with van der Waals surface area (Å²) in [6.07, 6.45) is 1.71. The van der Waals surface area contributed by atoms with Gasteiger partial charge >= 0.3 is 0 Å². The summed E-state index contributed by atoms with van der Waals surface area (Å²) in [6, 6.07) is 0.585. The Balaban J connectivity index is 3.31. The Bertz CT molecular complexity index is 121. The van der Waals surface area contributed by atoms with Gasteiger partial charge in [-0.15, -0.1) is 0 Å². The number of nitrogens with two attached hydrogens (primary N) is 1. The lowest BCUT2D eigenvalue weighted by atomic mass is 10.2. The highest BCUT2D eigenvalue weighted by molar-refractivity contribution is 5.76. The van der Waals surface area contributed by atoms with E-state index in [-0.39, 0.29) is 0 Å². The third-order valence-electron chi connectivity index (χ3n) is 1.84. The highest BCUT2D eigenvalue weighted by Gasteiger charge is 2.01. The fourth-order valence-corrected chi connectivity index (χ4v) is 0.777. The number of nitrogens with one attached hydrogen (secondary N) is 1. The molecule has 0 aliphatic rings. The first-order valence-corrected chi connectivity index (χ1v) is 4.07. The molecule has 0 atom stereocenters. The largest absolute Gasteiger partial charge is 0.388 e. The SMILES string of the molecule is CC(C)N(C)CCCC(=N)N. The van der Waals surface area contributed by atoms with Crippen LogP contribution in [0.15, 0.2) is 0 Å². The topological polar surface area (TPSA) is 53.1 Å². The summed E-state index contributed by atoms with van der Waals surface area (Å²) >= 11 is 0. The Morgan fingerprint density at radius 3 is 2.45 bits per heavy atom. The second-order valence-corrected chi connectivity index (χ2v) is 3.20. The van der Waals surface area contributed by atoms with Crippen LogP contribution in [0.5, 0.6) is 0 Å². The molecule has 0 aliphatic carbocycles. The predicted molar refractivity (Wildman–Crippen MR) is 48.9 cm³/mol. The van der Waals surface area contributed by atoms with Crippen molar-refractivity contribution in [2.75, 3.05) is 13.6 Å². The lowest BCUT2D eigenvalue weighted by Crippen LogP contribution is -2.28. The molecular weight excluding hydrogens is 138 g/mol. The summed E-state index contributed by atoms with van der Waals surface area (Å²) in [6.45, 7) is 5.35. The molecule has 0 spiro atoms. The van der Waals surface area contributed by atoms with Gasteiger partial charge in [-0.2, -0.15) is 0 Å². The normalized spacial score (nSPS) is 11.0. The molecule has 0 fully saturated rings. The molecule has 3 N–H and O–H groups in total. The molecule has 3 nitrogen and oxygen atoms in total. The standard InChI is InChI=1S/C8H19N3/c1-7(2)11(3)6-4-5-8(9)10/h7H,4-6H2,1-3H3,(H3,9,10). The van der Waals surface area contributed by atoms with E-state index in [0.29, 0.717) is 11.9 Å². The van der Waals surface area contributed by atoms with Crippen molar-refractivity contribution in [2.45, 2.75) is 32.7 Å². The Kier molecular flexibility index (Phi) is 4.86. The lowest BCUT2D eigenvalue weighted by Gasteiger charge is -2.20. The highest BCUT2D eigenvalue weighted by atomic mass is 15.1. The molecule has 0 bridgehead atoms. The van der Waals surface area contributed by atoms with Gasteiger partial charge in [0.05, 0.1) is 5.84 Å². The third-order valence-corrected chi connectivity index (χ3v) is 1.84. The first-order valence-electron chi connectivity index (χ1n) is 4.07. The summed E-state index contributed by atoms with van der Waals surface area (Å²) in [4.78, 5) is 2.25. The molecule has 11 heavy (non-hydrogen) atoms. The molecule has 0 rings (SSSR count). The Labute approximate surface area is 69.1 Å². The molecule has 66 valence electrons. The van der Waals surface area contributed by atoms with E-state index in [0.717, 1.165) is 19.4 Å². The Hall–Kier alpha value is -0.570. The van der Waals surface area contributed by atoms with Crippen LogP contribution >= 0.6 is 0 Å². The van der Waals surface area contributed by atoms with Crippen molar-refractivity contribution >= 4 is 5.84 Å². The van der Waals surface area contributed by atoms with Crippen molar-refractivity contribution in [3.05, 3.63) is 0 Å². The summed E-state index contributed by atoms with van der Waals surface area (Å²) in [5, 5.41) is 7.01. The highest BCUT2D eigenvalue weighted by Crippen LogP contribution is 1.96. The lowest BCUT2D eigenvalue weighted by molar-refractivity contribution is 0.272. The molecule has 0 aliphatic heterocycles. The maximum atomic E-state index is 7.01. The predicted octanol–water partition coefficient (Wildman–Crippen LogP) is 1.04. The molecule has 0 heterocycles. The minimum Gasteiger partial charge on any atom is -0.388 e. The minimum atomic E-state index is 0.294. The molecule has 0 aromatic rings. The maximum Gasteiger partial charge on any atom is 0.0905 e.